The third-order valence-corrected chi connectivity index (χ3v) is 2.40. The van der Waals surface area contributed by atoms with Gasteiger partial charge in [-0.1, -0.05) is 0 Å². The van der Waals surface area contributed by atoms with Gasteiger partial charge in [-0.05, 0) is 19.4 Å². The lowest BCUT2D eigenvalue weighted by atomic mass is 9.97. The second kappa shape index (κ2) is 6.90. The Bertz CT molecular complexity index is 261. The lowest BCUT2D eigenvalue weighted by molar-refractivity contribution is -0.138. The Morgan fingerprint density at radius 3 is 1.71 bits per heavy atom. The quantitative estimate of drug-likeness (QED) is 0.262. The van der Waals surface area contributed by atoms with Crippen LogP contribution in [-0.2, 0) is 0 Å². The molecule has 7 nitrogen and oxygen atoms in total. The first-order chi connectivity index (χ1) is 7.73. The maximum atomic E-state index is 9.47. The van der Waals surface area contributed by atoms with Gasteiger partial charge >= 0.3 is 0 Å². The van der Waals surface area contributed by atoms with Crippen molar-refractivity contribution in [3.05, 3.63) is 11.3 Å². The lowest BCUT2D eigenvalue weighted by Crippen LogP contribution is -2.50. The van der Waals surface area contributed by atoms with Gasteiger partial charge in [0.1, 0.15) is 36.3 Å². The first-order valence-electron chi connectivity index (χ1n) is 5.11. The van der Waals surface area contributed by atoms with E-state index in [1.165, 1.54) is 13.8 Å². The van der Waals surface area contributed by atoms with E-state index in [4.69, 9.17) is 10.2 Å². The largest absolute Gasteiger partial charge is 0.510 e. The average Bonchev–Trinajstić information content (AvgIpc) is 2.32. The van der Waals surface area contributed by atoms with E-state index < -0.39 is 42.9 Å². The number of aliphatic hydroxyl groups excluding tert-OH is 7. The van der Waals surface area contributed by atoms with E-state index in [0.717, 1.165) is 0 Å². The molecule has 0 heterocycles. The van der Waals surface area contributed by atoms with Crippen molar-refractivity contribution in [1.82, 2.24) is 0 Å². The molecule has 102 valence electrons. The molecule has 0 fully saturated rings. The SMILES string of the molecule is CC(C)=C(O)C(O)C(O)C(O)C(O)C(O)CO. The van der Waals surface area contributed by atoms with Crippen LogP contribution in [-0.4, -0.2) is 72.9 Å². The van der Waals surface area contributed by atoms with Gasteiger partial charge in [0.05, 0.1) is 6.61 Å². The molecule has 0 saturated heterocycles. The second-order valence-electron chi connectivity index (χ2n) is 4.05. The van der Waals surface area contributed by atoms with E-state index >= 15 is 0 Å². The maximum Gasteiger partial charge on any atom is 0.139 e. The van der Waals surface area contributed by atoms with Crippen LogP contribution in [0.5, 0.6) is 0 Å². The molecule has 5 unspecified atom stereocenters. The summed E-state index contributed by atoms with van der Waals surface area (Å²) in [5, 5.41) is 64.6. The van der Waals surface area contributed by atoms with Crippen LogP contribution in [0.2, 0.25) is 0 Å². The van der Waals surface area contributed by atoms with Crippen LogP contribution in [0.15, 0.2) is 11.3 Å². The fraction of sp³-hybridized carbons (Fsp3) is 0.800. The van der Waals surface area contributed by atoms with Gasteiger partial charge in [0.15, 0.2) is 0 Å². The predicted molar refractivity (Wildman–Crippen MR) is 58.1 cm³/mol. The molecular formula is C10H20O7. The normalized spacial score (nSPS) is 20.2. The predicted octanol–water partition coefficient (Wildman–Crippen LogP) is -2.36. The van der Waals surface area contributed by atoms with Gasteiger partial charge in [-0.25, -0.2) is 0 Å². The van der Waals surface area contributed by atoms with Crippen molar-refractivity contribution < 1.29 is 35.7 Å². The summed E-state index contributed by atoms with van der Waals surface area (Å²) in [6.07, 6.45) is -9.07. The molecule has 0 saturated carbocycles. The van der Waals surface area contributed by atoms with Gasteiger partial charge in [-0.2, -0.15) is 0 Å². The van der Waals surface area contributed by atoms with Gasteiger partial charge in [0, 0.05) is 0 Å². The van der Waals surface area contributed by atoms with Gasteiger partial charge < -0.3 is 35.7 Å². The fourth-order valence-corrected chi connectivity index (χ4v) is 1.18. The van der Waals surface area contributed by atoms with Crippen LogP contribution < -0.4 is 0 Å². The molecule has 7 heteroatoms. The summed E-state index contributed by atoms with van der Waals surface area (Å²) in [6.45, 7) is 2.16. The Hall–Kier alpha value is -0.700. The van der Waals surface area contributed by atoms with E-state index in [-0.39, 0.29) is 0 Å². The Balaban J connectivity index is 4.70. The van der Waals surface area contributed by atoms with E-state index in [1.54, 1.807) is 0 Å². The second-order valence-corrected chi connectivity index (χ2v) is 4.05. The Labute approximate surface area is 98.9 Å². The smallest absolute Gasteiger partial charge is 0.139 e. The number of aliphatic hydroxyl groups is 7. The lowest BCUT2D eigenvalue weighted by Gasteiger charge is -2.28. The van der Waals surface area contributed by atoms with Crippen LogP contribution in [0, 0.1) is 0 Å². The topological polar surface area (TPSA) is 142 Å². The highest BCUT2D eigenvalue weighted by atomic mass is 16.4. The molecule has 7 N–H and O–H groups in total. The summed E-state index contributed by atoms with van der Waals surface area (Å²) in [5.41, 5.74) is 0.334. The minimum Gasteiger partial charge on any atom is -0.510 e. The summed E-state index contributed by atoms with van der Waals surface area (Å²) < 4.78 is 0. The summed E-state index contributed by atoms with van der Waals surface area (Å²) in [5.74, 6) is -0.526. The Kier molecular flexibility index (Phi) is 6.61. The summed E-state index contributed by atoms with van der Waals surface area (Å²) in [6, 6.07) is 0. The third kappa shape index (κ3) is 4.23. The third-order valence-electron chi connectivity index (χ3n) is 2.40. The molecule has 0 spiro atoms. The minimum absolute atomic E-state index is 0.334. The zero-order valence-corrected chi connectivity index (χ0v) is 9.72. The molecule has 5 atom stereocenters. The number of hydrogen-bond acceptors (Lipinski definition) is 7. The number of rotatable bonds is 6. The molecule has 0 aromatic carbocycles. The molecule has 0 rings (SSSR count). The summed E-state index contributed by atoms with van der Waals surface area (Å²) >= 11 is 0. The minimum atomic E-state index is -1.91. The van der Waals surface area contributed by atoms with E-state index in [1.807, 2.05) is 0 Å². The first-order valence-corrected chi connectivity index (χ1v) is 5.11. The summed E-state index contributed by atoms with van der Waals surface area (Å²) in [4.78, 5) is 0. The molecule has 0 aromatic rings. The molecule has 0 bridgehead atoms. The van der Waals surface area contributed by atoms with Crippen molar-refractivity contribution in [3.8, 4) is 0 Å². The molecule has 0 aliphatic heterocycles. The standard InChI is InChI=1S/C10H20O7/c1-4(2)6(13)8(15)10(17)9(16)7(14)5(12)3-11/h5,7-17H,3H2,1-2H3. The average molecular weight is 252 g/mol. The Morgan fingerprint density at radius 1 is 0.882 bits per heavy atom. The van der Waals surface area contributed by atoms with Gasteiger partial charge in [0.25, 0.3) is 0 Å². The van der Waals surface area contributed by atoms with Crippen molar-refractivity contribution in [2.24, 2.45) is 0 Å². The molecular weight excluding hydrogens is 232 g/mol. The molecule has 17 heavy (non-hydrogen) atoms. The van der Waals surface area contributed by atoms with Crippen molar-refractivity contribution in [2.75, 3.05) is 6.61 Å². The first kappa shape index (κ1) is 16.3. The highest BCUT2D eigenvalue weighted by Crippen LogP contribution is 2.14. The monoisotopic (exact) mass is 252 g/mol. The van der Waals surface area contributed by atoms with Crippen LogP contribution >= 0.6 is 0 Å². The molecule has 0 aliphatic rings. The van der Waals surface area contributed by atoms with Crippen molar-refractivity contribution >= 4 is 0 Å². The highest BCUT2D eigenvalue weighted by molar-refractivity contribution is 5.09. The fourth-order valence-electron chi connectivity index (χ4n) is 1.18. The Morgan fingerprint density at radius 2 is 1.35 bits per heavy atom. The molecule has 0 aromatic heterocycles. The number of allylic oxidation sites excluding steroid dienone is 1. The maximum absolute atomic E-state index is 9.47. The van der Waals surface area contributed by atoms with Crippen LogP contribution in [0.3, 0.4) is 0 Å². The van der Waals surface area contributed by atoms with Crippen LogP contribution in [0.4, 0.5) is 0 Å². The van der Waals surface area contributed by atoms with Gasteiger partial charge in [-0.15, -0.1) is 0 Å². The molecule has 0 radical (unpaired) electrons. The zero-order chi connectivity index (χ0) is 13.7. The summed E-state index contributed by atoms with van der Waals surface area (Å²) in [7, 11) is 0. The van der Waals surface area contributed by atoms with Crippen LogP contribution in [0.1, 0.15) is 13.8 Å². The van der Waals surface area contributed by atoms with E-state index in [9.17, 15) is 25.5 Å². The number of hydrogen-bond donors (Lipinski definition) is 7. The van der Waals surface area contributed by atoms with Gasteiger partial charge in [0.2, 0.25) is 0 Å². The van der Waals surface area contributed by atoms with E-state index in [0.29, 0.717) is 5.57 Å². The molecule has 0 aliphatic carbocycles. The van der Waals surface area contributed by atoms with Crippen molar-refractivity contribution in [2.45, 2.75) is 44.4 Å². The van der Waals surface area contributed by atoms with Crippen molar-refractivity contribution in [1.29, 1.82) is 0 Å². The molecule has 0 amide bonds. The van der Waals surface area contributed by atoms with Crippen LogP contribution in [0.25, 0.3) is 0 Å². The van der Waals surface area contributed by atoms with Crippen molar-refractivity contribution in [3.63, 3.8) is 0 Å². The van der Waals surface area contributed by atoms with E-state index in [2.05, 4.69) is 0 Å². The zero-order valence-electron chi connectivity index (χ0n) is 9.72. The van der Waals surface area contributed by atoms with Gasteiger partial charge in [-0.3, -0.25) is 0 Å². The highest BCUT2D eigenvalue weighted by Gasteiger charge is 2.35.